The van der Waals surface area contributed by atoms with Gasteiger partial charge < -0.3 is 20.4 Å². The van der Waals surface area contributed by atoms with E-state index in [4.69, 9.17) is 4.99 Å². The molecule has 0 saturated carbocycles. The van der Waals surface area contributed by atoms with E-state index in [-0.39, 0.29) is 35.3 Å². The molecule has 0 aromatic carbocycles. The number of rotatable bonds is 3. The van der Waals surface area contributed by atoms with Crippen LogP contribution in [0.5, 0.6) is 0 Å². The van der Waals surface area contributed by atoms with Gasteiger partial charge in [0.1, 0.15) is 0 Å². The zero-order chi connectivity index (χ0) is 17.9. The van der Waals surface area contributed by atoms with Crippen LogP contribution in [0.2, 0.25) is 0 Å². The second kappa shape index (κ2) is 9.54. The Balaban J connectivity index is 0.00000243. The first-order valence-electron chi connectivity index (χ1n) is 9.70. The van der Waals surface area contributed by atoms with E-state index in [1.54, 1.807) is 0 Å². The van der Waals surface area contributed by atoms with Gasteiger partial charge in [0.2, 0.25) is 5.91 Å². The number of hydrogen-bond donors (Lipinski definition) is 2. The quantitative estimate of drug-likeness (QED) is 0.350. The summed E-state index contributed by atoms with van der Waals surface area (Å²) in [7, 11) is 4.39. The summed E-state index contributed by atoms with van der Waals surface area (Å²) in [6.07, 6.45) is 2.93. The largest absolute Gasteiger partial charge is 0.357 e. The van der Waals surface area contributed by atoms with E-state index in [0.29, 0.717) is 12.5 Å². The first kappa shape index (κ1) is 21.7. The lowest BCUT2D eigenvalue weighted by Crippen LogP contribution is -2.53. The van der Waals surface area contributed by atoms with Crippen molar-refractivity contribution in [3.05, 3.63) is 0 Å². The molecule has 0 bridgehead atoms. The van der Waals surface area contributed by atoms with E-state index in [1.165, 1.54) is 0 Å². The van der Waals surface area contributed by atoms with Crippen molar-refractivity contribution in [2.75, 3.05) is 66.5 Å². The average Bonchev–Trinajstić information content (AvgIpc) is 2.94. The van der Waals surface area contributed by atoms with E-state index >= 15 is 0 Å². The molecule has 8 heteroatoms. The summed E-state index contributed by atoms with van der Waals surface area (Å²) in [6.45, 7) is 9.90. The van der Waals surface area contributed by atoms with Crippen LogP contribution < -0.4 is 10.6 Å². The number of amides is 1. The number of nitrogens with one attached hydrogen (secondary N) is 2. The van der Waals surface area contributed by atoms with Gasteiger partial charge in [0.05, 0.1) is 6.54 Å². The van der Waals surface area contributed by atoms with Crippen LogP contribution in [-0.4, -0.2) is 99.1 Å². The standard InChI is InChI=1S/C18H34N6O.HI/c1-4-19-17(20-11-15-12-22(2)8-9-23(15)3)24-7-5-6-18(14-24)10-16(25)21-13-18;/h15H,4-14H2,1-3H3,(H,19,20)(H,21,25);1H. The van der Waals surface area contributed by atoms with Gasteiger partial charge in [-0.1, -0.05) is 0 Å². The van der Waals surface area contributed by atoms with Crippen molar-refractivity contribution < 1.29 is 4.79 Å². The fourth-order valence-corrected chi connectivity index (χ4v) is 4.35. The molecule has 2 atom stereocenters. The van der Waals surface area contributed by atoms with Crippen molar-refractivity contribution in [1.82, 2.24) is 25.3 Å². The van der Waals surface area contributed by atoms with Crippen molar-refractivity contribution in [2.45, 2.75) is 32.2 Å². The highest BCUT2D eigenvalue weighted by Gasteiger charge is 2.42. The van der Waals surface area contributed by atoms with Gasteiger partial charge in [-0.15, -0.1) is 24.0 Å². The highest BCUT2D eigenvalue weighted by molar-refractivity contribution is 14.0. The molecule has 7 nitrogen and oxygen atoms in total. The molecule has 1 amide bonds. The molecule has 3 fully saturated rings. The fourth-order valence-electron chi connectivity index (χ4n) is 4.35. The van der Waals surface area contributed by atoms with Gasteiger partial charge in [0.15, 0.2) is 5.96 Å². The normalized spacial score (nSPS) is 31.0. The van der Waals surface area contributed by atoms with Gasteiger partial charge in [0.25, 0.3) is 0 Å². The molecule has 0 aliphatic carbocycles. The zero-order valence-corrected chi connectivity index (χ0v) is 18.8. The number of carbonyl (C=O) groups is 1. The van der Waals surface area contributed by atoms with Gasteiger partial charge in [-0.2, -0.15) is 0 Å². The molecule has 150 valence electrons. The molecule has 3 heterocycles. The van der Waals surface area contributed by atoms with Crippen LogP contribution in [0.15, 0.2) is 4.99 Å². The van der Waals surface area contributed by atoms with Crippen molar-refractivity contribution in [1.29, 1.82) is 0 Å². The first-order valence-corrected chi connectivity index (χ1v) is 9.70. The summed E-state index contributed by atoms with van der Waals surface area (Å²) in [5, 5.41) is 6.50. The Hall–Kier alpha value is -0.610. The summed E-state index contributed by atoms with van der Waals surface area (Å²) in [5.74, 6) is 1.22. The number of guanidine groups is 1. The van der Waals surface area contributed by atoms with Gasteiger partial charge in [0, 0.05) is 63.7 Å². The highest BCUT2D eigenvalue weighted by Crippen LogP contribution is 2.36. The molecule has 0 aromatic heterocycles. The lowest BCUT2D eigenvalue weighted by molar-refractivity contribution is -0.119. The number of hydrogen-bond acceptors (Lipinski definition) is 4. The molecule has 3 aliphatic rings. The van der Waals surface area contributed by atoms with Crippen LogP contribution in [0.4, 0.5) is 0 Å². The van der Waals surface area contributed by atoms with Crippen molar-refractivity contribution in [3.63, 3.8) is 0 Å². The van der Waals surface area contributed by atoms with E-state index in [2.05, 4.69) is 46.4 Å². The number of nitrogens with zero attached hydrogens (tertiary/aromatic N) is 4. The number of piperazine rings is 1. The topological polar surface area (TPSA) is 63.2 Å². The molecule has 3 aliphatic heterocycles. The monoisotopic (exact) mass is 478 g/mol. The van der Waals surface area contributed by atoms with Crippen LogP contribution >= 0.6 is 24.0 Å². The third kappa shape index (κ3) is 5.22. The van der Waals surface area contributed by atoms with Gasteiger partial charge in [-0.3, -0.25) is 14.7 Å². The molecular formula is C18H35IN6O. The Morgan fingerprint density at radius 3 is 2.85 bits per heavy atom. The van der Waals surface area contributed by atoms with Crippen molar-refractivity contribution in [2.24, 2.45) is 10.4 Å². The summed E-state index contributed by atoms with van der Waals surface area (Å²) in [6, 6.07) is 0.473. The SMILES string of the molecule is CCNC(=NCC1CN(C)CCN1C)N1CCCC2(CNC(=O)C2)C1.I. The maximum Gasteiger partial charge on any atom is 0.220 e. The third-order valence-electron chi connectivity index (χ3n) is 5.92. The minimum absolute atomic E-state index is 0. The zero-order valence-electron chi connectivity index (χ0n) is 16.5. The van der Waals surface area contributed by atoms with E-state index in [1.807, 2.05) is 0 Å². The molecule has 2 N–H and O–H groups in total. The smallest absolute Gasteiger partial charge is 0.220 e. The Morgan fingerprint density at radius 1 is 1.35 bits per heavy atom. The third-order valence-corrected chi connectivity index (χ3v) is 5.92. The first-order chi connectivity index (χ1) is 12.0. The molecule has 3 saturated heterocycles. The second-order valence-corrected chi connectivity index (χ2v) is 8.07. The van der Waals surface area contributed by atoms with Gasteiger partial charge in [-0.05, 0) is 33.9 Å². The average molecular weight is 478 g/mol. The molecule has 0 aromatic rings. The molecule has 26 heavy (non-hydrogen) atoms. The number of piperidine rings is 1. The number of likely N-dealkylation sites (tertiary alicyclic amines) is 1. The van der Waals surface area contributed by atoms with E-state index in [9.17, 15) is 4.79 Å². The second-order valence-electron chi connectivity index (χ2n) is 8.07. The Morgan fingerprint density at radius 2 is 2.15 bits per heavy atom. The molecular weight excluding hydrogens is 443 g/mol. The number of likely N-dealkylation sites (N-methyl/N-ethyl adjacent to an activating group) is 2. The Labute approximate surface area is 175 Å². The van der Waals surface area contributed by atoms with Crippen LogP contribution in [0.1, 0.15) is 26.2 Å². The molecule has 3 rings (SSSR count). The minimum atomic E-state index is 0. The summed E-state index contributed by atoms with van der Waals surface area (Å²) < 4.78 is 0. The fraction of sp³-hybridized carbons (Fsp3) is 0.889. The summed E-state index contributed by atoms with van der Waals surface area (Å²) in [4.78, 5) is 23.9. The number of carbonyl (C=O) groups excluding carboxylic acids is 1. The molecule has 1 spiro atoms. The van der Waals surface area contributed by atoms with E-state index in [0.717, 1.165) is 71.2 Å². The van der Waals surface area contributed by atoms with Crippen molar-refractivity contribution >= 4 is 35.8 Å². The lowest BCUT2D eigenvalue weighted by atomic mass is 9.79. The predicted octanol–water partition coefficient (Wildman–Crippen LogP) is 0.418. The summed E-state index contributed by atoms with van der Waals surface area (Å²) >= 11 is 0. The minimum Gasteiger partial charge on any atom is -0.357 e. The van der Waals surface area contributed by atoms with Crippen molar-refractivity contribution in [3.8, 4) is 0 Å². The molecule has 0 radical (unpaired) electrons. The number of halogens is 1. The number of aliphatic imine (C=N–C) groups is 1. The highest BCUT2D eigenvalue weighted by atomic mass is 127. The lowest BCUT2D eigenvalue weighted by Gasteiger charge is -2.41. The van der Waals surface area contributed by atoms with Crippen LogP contribution in [0.25, 0.3) is 0 Å². The van der Waals surface area contributed by atoms with Gasteiger partial charge >= 0.3 is 0 Å². The predicted molar refractivity (Wildman–Crippen MR) is 116 cm³/mol. The van der Waals surface area contributed by atoms with Crippen LogP contribution in [-0.2, 0) is 4.79 Å². The Kier molecular flexibility index (Phi) is 7.96. The summed E-state index contributed by atoms with van der Waals surface area (Å²) in [5.41, 5.74) is 0.105. The maximum absolute atomic E-state index is 11.7. The maximum atomic E-state index is 11.7. The molecule has 2 unspecified atom stereocenters. The van der Waals surface area contributed by atoms with Crippen LogP contribution in [0, 0.1) is 5.41 Å². The van der Waals surface area contributed by atoms with Crippen LogP contribution in [0.3, 0.4) is 0 Å². The van der Waals surface area contributed by atoms with E-state index < -0.39 is 0 Å². The Bertz CT molecular complexity index is 516. The van der Waals surface area contributed by atoms with Gasteiger partial charge in [-0.25, -0.2) is 0 Å².